The van der Waals surface area contributed by atoms with Crippen molar-refractivity contribution >= 4 is 96.2 Å². The topological polar surface area (TPSA) is 22.9 Å². The summed E-state index contributed by atoms with van der Waals surface area (Å²) in [6.07, 6.45) is 3.22. The second-order valence-electron chi connectivity index (χ2n) is 28.3. The first kappa shape index (κ1) is 47.1. The molecule has 394 valence electrons. The number of furan rings is 1. The van der Waals surface area contributed by atoms with Gasteiger partial charge in [-0.15, -0.1) is 0 Å². The Morgan fingerprint density at radius 2 is 1.00 bits per heavy atom. The number of hydrogen-bond acceptors (Lipinski definition) is 4. The summed E-state index contributed by atoms with van der Waals surface area (Å²) >= 11 is 0. The van der Waals surface area contributed by atoms with E-state index in [2.05, 4.69) is 240 Å². The third kappa shape index (κ3) is 7.67. The van der Waals surface area contributed by atoms with Gasteiger partial charge in [0.15, 0.2) is 0 Å². The predicted octanol–water partition coefficient (Wildman–Crippen LogP) is 18.7. The van der Waals surface area contributed by atoms with Crippen molar-refractivity contribution in [1.29, 1.82) is 0 Å². The average Bonchev–Trinajstić information content (AvgIpc) is 3.92. The summed E-state index contributed by atoms with van der Waals surface area (Å²) in [5.74, 6) is 0. The summed E-state index contributed by atoms with van der Waals surface area (Å²) < 4.78 is 34.9. The Bertz CT molecular complexity index is 4010. The highest BCUT2D eigenvalue weighted by molar-refractivity contribution is 7.00. The minimum Gasteiger partial charge on any atom is -0.456 e. The lowest BCUT2D eigenvalue weighted by Gasteiger charge is -2.46. The third-order valence-corrected chi connectivity index (χ3v) is 18.8. The number of benzene rings is 8. The lowest BCUT2D eigenvalue weighted by atomic mass is 9.33. The molecule has 0 atom stereocenters. The first-order valence-electron chi connectivity index (χ1n) is 30.1. The molecule has 0 amide bonds. The van der Waals surface area contributed by atoms with Crippen molar-refractivity contribution < 1.29 is 8.53 Å². The van der Waals surface area contributed by atoms with E-state index in [1.807, 2.05) is 24.3 Å². The Morgan fingerprint density at radius 3 is 1.60 bits per heavy atom. The number of fused-ring (bicyclic) bond motifs is 9. The summed E-state index contributed by atoms with van der Waals surface area (Å²) in [6, 6.07) is 53.9. The van der Waals surface area contributed by atoms with Crippen LogP contribution in [0.2, 0.25) is 0 Å². The minimum atomic E-state index is -2.44. The quantitative estimate of drug-likeness (QED) is 0.160. The number of aryl methyl sites for hydroxylation is 2. The van der Waals surface area contributed by atoms with E-state index in [-0.39, 0.29) is 39.2 Å². The van der Waals surface area contributed by atoms with Gasteiger partial charge >= 0.3 is 0 Å². The van der Waals surface area contributed by atoms with Crippen molar-refractivity contribution in [3.05, 3.63) is 190 Å². The predicted molar refractivity (Wildman–Crippen MR) is 335 cm³/mol. The molecule has 0 unspecified atom stereocenters. The highest BCUT2D eigenvalue weighted by Gasteiger charge is 2.49. The number of nitrogens with zero attached hydrogens (tertiary/aromatic N) is 3. The van der Waals surface area contributed by atoms with Gasteiger partial charge in [-0.1, -0.05) is 164 Å². The molecule has 5 heteroatoms. The van der Waals surface area contributed by atoms with Crippen molar-refractivity contribution in [1.82, 2.24) is 0 Å². The largest absolute Gasteiger partial charge is 0.456 e. The van der Waals surface area contributed by atoms with Crippen LogP contribution in [0.4, 0.5) is 51.2 Å². The SMILES string of the molecule is [2H]C([2H])([2H])c1cc2c3c(c1)N(c1cccc4oc5ccccc5c14)c1cc(N(c4ccc(C(C)(C)C)cc4)c4ccc(C(C)(C)C)cc4)ccc1B3c1cc3c(cc1N2c1cc2c(cc1C)C(C)(C)CCC2(C)C)C(C)(C)CC3(C)C. The molecule has 0 bridgehead atoms. The molecule has 4 nitrogen and oxygen atoms in total. The molecule has 0 fully saturated rings. The van der Waals surface area contributed by atoms with Crippen LogP contribution in [0.3, 0.4) is 0 Å². The molecule has 3 heterocycles. The van der Waals surface area contributed by atoms with Gasteiger partial charge in [-0.25, -0.2) is 0 Å². The zero-order chi connectivity index (χ0) is 57.5. The third-order valence-electron chi connectivity index (χ3n) is 18.8. The molecule has 9 aromatic rings. The lowest BCUT2D eigenvalue weighted by Crippen LogP contribution is -2.61. The van der Waals surface area contributed by atoms with Crippen molar-refractivity contribution in [2.45, 2.75) is 162 Å². The van der Waals surface area contributed by atoms with Crippen LogP contribution in [-0.4, -0.2) is 6.71 Å². The molecule has 0 spiro atoms. The molecule has 78 heavy (non-hydrogen) atoms. The van der Waals surface area contributed by atoms with Gasteiger partial charge in [0.2, 0.25) is 0 Å². The monoisotopic (exact) mass is 1030 g/mol. The highest BCUT2D eigenvalue weighted by atomic mass is 16.3. The molecule has 4 aliphatic rings. The van der Waals surface area contributed by atoms with Gasteiger partial charge < -0.3 is 19.1 Å². The number of hydrogen-bond donors (Lipinski definition) is 0. The molecule has 0 saturated heterocycles. The van der Waals surface area contributed by atoms with Crippen LogP contribution in [0, 0.1) is 13.8 Å². The van der Waals surface area contributed by atoms with Gasteiger partial charge in [-0.2, -0.15) is 0 Å². The van der Waals surface area contributed by atoms with E-state index in [0.29, 0.717) is 5.56 Å². The maximum Gasteiger partial charge on any atom is 0.252 e. The first-order chi connectivity index (χ1) is 37.9. The van der Waals surface area contributed by atoms with Crippen LogP contribution >= 0.6 is 0 Å². The average molecular weight is 1030 g/mol. The van der Waals surface area contributed by atoms with Gasteiger partial charge in [-0.3, -0.25) is 0 Å². The van der Waals surface area contributed by atoms with E-state index in [9.17, 15) is 4.11 Å². The van der Waals surface area contributed by atoms with Crippen molar-refractivity contribution in [3.63, 3.8) is 0 Å². The fourth-order valence-electron chi connectivity index (χ4n) is 14.7. The van der Waals surface area contributed by atoms with E-state index in [4.69, 9.17) is 4.42 Å². The molecule has 1 aromatic heterocycles. The fourth-order valence-corrected chi connectivity index (χ4v) is 14.7. The summed E-state index contributed by atoms with van der Waals surface area (Å²) in [6.45, 7) is 32.4. The molecule has 8 aromatic carbocycles. The highest BCUT2D eigenvalue weighted by Crippen LogP contribution is 2.55. The second-order valence-corrected chi connectivity index (χ2v) is 28.3. The van der Waals surface area contributed by atoms with Crippen LogP contribution < -0.4 is 31.1 Å². The van der Waals surface area contributed by atoms with Gasteiger partial charge in [0.05, 0.1) is 11.1 Å². The van der Waals surface area contributed by atoms with E-state index >= 15 is 0 Å². The zero-order valence-corrected chi connectivity index (χ0v) is 48.8. The number of anilines is 9. The summed E-state index contributed by atoms with van der Waals surface area (Å²) in [7, 11) is 0. The van der Waals surface area contributed by atoms with Gasteiger partial charge in [0.25, 0.3) is 6.71 Å². The normalized spacial score (nSPS) is 18.1. The maximum atomic E-state index is 9.40. The van der Waals surface area contributed by atoms with Crippen molar-refractivity contribution in [2.75, 3.05) is 14.7 Å². The Balaban J connectivity index is 1.16. The van der Waals surface area contributed by atoms with Crippen LogP contribution in [-0.2, 0) is 32.5 Å². The molecule has 2 aliphatic carbocycles. The van der Waals surface area contributed by atoms with E-state index in [0.717, 1.165) is 103 Å². The second kappa shape index (κ2) is 16.8. The molecular weight excluding hydrogens is 946 g/mol. The van der Waals surface area contributed by atoms with Gasteiger partial charge in [0, 0.05) is 55.0 Å². The summed E-state index contributed by atoms with van der Waals surface area (Å²) in [4.78, 5) is 7.28. The summed E-state index contributed by atoms with van der Waals surface area (Å²) in [5.41, 5.74) is 23.3. The number of para-hydroxylation sites is 1. The Kier molecular flexibility index (Phi) is 10.1. The Hall–Kier alpha value is -6.98. The summed E-state index contributed by atoms with van der Waals surface area (Å²) in [5, 5.41) is 1.99. The smallest absolute Gasteiger partial charge is 0.252 e. The van der Waals surface area contributed by atoms with Crippen LogP contribution in [0.5, 0.6) is 0 Å². The molecule has 0 N–H and O–H groups in total. The van der Waals surface area contributed by atoms with Crippen LogP contribution in [0.1, 0.15) is 165 Å². The van der Waals surface area contributed by atoms with Gasteiger partial charge in [0.1, 0.15) is 11.2 Å². The maximum absolute atomic E-state index is 9.40. The van der Waals surface area contributed by atoms with E-state index < -0.39 is 6.85 Å². The molecular formula is C73H78BN3O. The molecule has 0 radical (unpaired) electrons. The molecule has 2 aliphatic heterocycles. The van der Waals surface area contributed by atoms with Gasteiger partial charge in [-0.05, 0) is 205 Å². The first-order valence-corrected chi connectivity index (χ1v) is 28.6. The number of rotatable bonds is 5. The Morgan fingerprint density at radius 1 is 0.487 bits per heavy atom. The molecule has 13 rings (SSSR count). The standard InChI is InChI=1S/C73H78BN3O/c1-44-36-62-67-63(37-44)77(59-41-54-52(38-45(59)2)70(9,10)34-35-71(54,11)12)61-42-55-53(72(13,14)43-73(55,15)16)40-57(61)74(67)56-33-32-50(39-60(56)76(62)58-21-19-23-65-66(58)51-20-17-18-22-64(51)78-65)75(48-28-24-46(25-29-48)68(3,4)5)49-30-26-47(27-31-49)69(6,7)8/h17-33,36-42H,34-35,43H2,1-16H3/i1D3. The molecule has 0 saturated carbocycles. The van der Waals surface area contributed by atoms with E-state index in [1.54, 1.807) is 0 Å². The fraction of sp³-hybridized carbons (Fsp3) is 0.342. The van der Waals surface area contributed by atoms with Crippen LogP contribution in [0.15, 0.2) is 150 Å². The van der Waals surface area contributed by atoms with Crippen molar-refractivity contribution in [2.24, 2.45) is 0 Å². The lowest BCUT2D eigenvalue weighted by molar-refractivity contribution is 0.332. The van der Waals surface area contributed by atoms with Crippen molar-refractivity contribution in [3.8, 4) is 0 Å². The Labute approximate surface area is 469 Å². The van der Waals surface area contributed by atoms with Crippen LogP contribution in [0.25, 0.3) is 21.9 Å². The minimum absolute atomic E-state index is 0.0124. The van der Waals surface area contributed by atoms with E-state index in [1.165, 1.54) is 44.4 Å². The zero-order valence-electron chi connectivity index (χ0n) is 51.8.